The molecule has 0 radical (unpaired) electrons. The molecule has 2 heteroatoms. The van der Waals surface area contributed by atoms with Crippen LogP contribution < -0.4 is 5.32 Å². The lowest BCUT2D eigenvalue weighted by atomic mass is 9.98. The molecule has 0 spiro atoms. The maximum atomic E-state index is 12.5. The first kappa shape index (κ1) is 14.3. The van der Waals surface area contributed by atoms with Crippen molar-refractivity contribution >= 4 is 5.91 Å². The predicted octanol–water partition coefficient (Wildman–Crippen LogP) is 4.10. The van der Waals surface area contributed by atoms with E-state index < -0.39 is 0 Å². The zero-order valence-electron chi connectivity index (χ0n) is 12.5. The van der Waals surface area contributed by atoms with Crippen LogP contribution in [0.5, 0.6) is 0 Å². The van der Waals surface area contributed by atoms with Gasteiger partial charge in [0.15, 0.2) is 0 Å². The van der Waals surface area contributed by atoms with Crippen molar-refractivity contribution in [2.75, 3.05) is 0 Å². The fourth-order valence-corrected chi connectivity index (χ4v) is 2.63. The first-order chi connectivity index (χ1) is 9.49. The third-order valence-corrected chi connectivity index (χ3v) is 3.55. The summed E-state index contributed by atoms with van der Waals surface area (Å²) in [7, 11) is 0. The third kappa shape index (κ3) is 3.08. The van der Waals surface area contributed by atoms with Crippen molar-refractivity contribution in [2.45, 2.75) is 33.7 Å². The van der Waals surface area contributed by atoms with Crippen molar-refractivity contribution in [3.05, 3.63) is 70.3 Å². The minimum atomic E-state index is -0.00338. The number of hydrogen-bond acceptors (Lipinski definition) is 1. The molecule has 2 rings (SSSR count). The number of aryl methyl sites for hydroxylation is 3. The Bertz CT molecular complexity index is 594. The first-order valence-corrected chi connectivity index (χ1v) is 6.92. The van der Waals surface area contributed by atoms with Crippen LogP contribution in [-0.4, -0.2) is 5.91 Å². The highest BCUT2D eigenvalue weighted by molar-refractivity contribution is 5.97. The van der Waals surface area contributed by atoms with Crippen LogP contribution in [-0.2, 0) is 0 Å². The summed E-state index contributed by atoms with van der Waals surface area (Å²) in [5.41, 5.74) is 5.15. The molecule has 0 aliphatic rings. The molecule has 1 N–H and O–H groups in total. The Kier molecular flexibility index (Phi) is 4.23. The molecule has 0 saturated carbocycles. The molecule has 0 unspecified atom stereocenters. The third-order valence-electron chi connectivity index (χ3n) is 3.55. The van der Waals surface area contributed by atoms with Crippen LogP contribution in [0.3, 0.4) is 0 Å². The Morgan fingerprint density at radius 3 is 2.10 bits per heavy atom. The number of hydrogen-bond donors (Lipinski definition) is 1. The number of amides is 1. The van der Waals surface area contributed by atoms with Gasteiger partial charge in [-0.25, -0.2) is 0 Å². The Morgan fingerprint density at radius 2 is 1.55 bits per heavy atom. The second-order valence-corrected chi connectivity index (χ2v) is 5.38. The van der Waals surface area contributed by atoms with E-state index in [4.69, 9.17) is 0 Å². The highest BCUT2D eigenvalue weighted by atomic mass is 16.1. The van der Waals surface area contributed by atoms with Crippen LogP contribution in [0.25, 0.3) is 0 Å². The zero-order chi connectivity index (χ0) is 14.7. The van der Waals surface area contributed by atoms with Crippen LogP contribution in [0.4, 0.5) is 0 Å². The van der Waals surface area contributed by atoms with Gasteiger partial charge in [0.05, 0.1) is 6.04 Å². The van der Waals surface area contributed by atoms with Gasteiger partial charge >= 0.3 is 0 Å². The molecule has 0 heterocycles. The Balaban J connectivity index is 2.21. The second-order valence-electron chi connectivity index (χ2n) is 5.38. The van der Waals surface area contributed by atoms with Gasteiger partial charge < -0.3 is 5.32 Å². The molecule has 0 bridgehead atoms. The normalized spacial score (nSPS) is 12.0. The van der Waals surface area contributed by atoms with Gasteiger partial charge in [0.25, 0.3) is 5.91 Å². The van der Waals surface area contributed by atoms with Crippen molar-refractivity contribution in [2.24, 2.45) is 0 Å². The second kappa shape index (κ2) is 5.91. The lowest BCUT2D eigenvalue weighted by Crippen LogP contribution is -2.28. The van der Waals surface area contributed by atoms with Crippen molar-refractivity contribution in [1.29, 1.82) is 0 Å². The van der Waals surface area contributed by atoms with Crippen LogP contribution in [0.15, 0.2) is 42.5 Å². The van der Waals surface area contributed by atoms with Crippen molar-refractivity contribution in [1.82, 2.24) is 5.32 Å². The molecule has 0 aromatic heterocycles. The molecule has 0 aliphatic heterocycles. The van der Waals surface area contributed by atoms with Crippen LogP contribution >= 0.6 is 0 Å². The largest absolute Gasteiger partial charge is 0.346 e. The standard InChI is InChI=1S/C18H21NO/c1-12-10-13(2)17(14(3)11-12)18(20)19-15(4)16-8-6-5-7-9-16/h5-11,15H,1-4H3,(H,19,20)/t15-/m1/s1. The fraction of sp³-hybridized carbons (Fsp3) is 0.278. The summed E-state index contributed by atoms with van der Waals surface area (Å²) in [4.78, 5) is 12.5. The SMILES string of the molecule is Cc1cc(C)c(C(=O)N[C@H](C)c2ccccc2)c(C)c1. The van der Waals surface area contributed by atoms with Crippen LogP contribution in [0, 0.1) is 20.8 Å². The lowest BCUT2D eigenvalue weighted by molar-refractivity contribution is 0.0938. The number of rotatable bonds is 3. The number of nitrogens with one attached hydrogen (secondary N) is 1. The zero-order valence-corrected chi connectivity index (χ0v) is 12.5. The predicted molar refractivity (Wildman–Crippen MR) is 83.0 cm³/mol. The Morgan fingerprint density at radius 1 is 1.00 bits per heavy atom. The average Bonchev–Trinajstić information content (AvgIpc) is 2.38. The number of carbonyl (C=O) groups is 1. The molecule has 0 aliphatic carbocycles. The molecule has 20 heavy (non-hydrogen) atoms. The van der Waals surface area contributed by atoms with Gasteiger partial charge in [-0.15, -0.1) is 0 Å². The molecule has 0 fully saturated rings. The maximum absolute atomic E-state index is 12.5. The quantitative estimate of drug-likeness (QED) is 0.891. The van der Waals surface area contributed by atoms with Crippen molar-refractivity contribution in [3.63, 3.8) is 0 Å². The monoisotopic (exact) mass is 267 g/mol. The van der Waals surface area contributed by atoms with Gasteiger partial charge in [-0.3, -0.25) is 4.79 Å². The lowest BCUT2D eigenvalue weighted by Gasteiger charge is -2.17. The topological polar surface area (TPSA) is 29.1 Å². The summed E-state index contributed by atoms with van der Waals surface area (Å²) in [5.74, 6) is -0.00338. The van der Waals surface area contributed by atoms with E-state index in [9.17, 15) is 4.79 Å². The summed E-state index contributed by atoms with van der Waals surface area (Å²) in [6.45, 7) is 8.03. The highest BCUT2D eigenvalue weighted by Gasteiger charge is 2.15. The van der Waals surface area contributed by atoms with Gasteiger partial charge in [0.2, 0.25) is 0 Å². The van der Waals surface area contributed by atoms with E-state index in [-0.39, 0.29) is 11.9 Å². The van der Waals surface area contributed by atoms with Gasteiger partial charge in [-0.2, -0.15) is 0 Å². The molecular weight excluding hydrogens is 246 g/mol. The molecule has 2 aromatic carbocycles. The van der Waals surface area contributed by atoms with E-state index in [1.807, 2.05) is 58.0 Å². The molecule has 1 amide bonds. The summed E-state index contributed by atoms with van der Waals surface area (Å²) >= 11 is 0. The summed E-state index contributed by atoms with van der Waals surface area (Å²) in [6.07, 6.45) is 0. The van der Waals surface area contributed by atoms with Gasteiger partial charge in [-0.1, -0.05) is 48.0 Å². The van der Waals surface area contributed by atoms with E-state index in [1.165, 1.54) is 5.56 Å². The Hall–Kier alpha value is -2.09. The molecule has 0 saturated heterocycles. The van der Waals surface area contributed by atoms with Gasteiger partial charge in [-0.05, 0) is 44.4 Å². The van der Waals surface area contributed by atoms with E-state index in [1.54, 1.807) is 0 Å². The Labute approximate surface area is 120 Å². The van der Waals surface area contributed by atoms with Gasteiger partial charge in [0.1, 0.15) is 0 Å². The highest BCUT2D eigenvalue weighted by Crippen LogP contribution is 2.18. The summed E-state index contributed by atoms with van der Waals surface area (Å²) < 4.78 is 0. The van der Waals surface area contributed by atoms with E-state index in [2.05, 4.69) is 17.4 Å². The molecule has 2 nitrogen and oxygen atoms in total. The smallest absolute Gasteiger partial charge is 0.252 e. The molecular formula is C18H21NO. The van der Waals surface area contributed by atoms with E-state index in [0.717, 1.165) is 22.3 Å². The molecule has 1 atom stereocenters. The van der Waals surface area contributed by atoms with E-state index in [0.29, 0.717) is 0 Å². The van der Waals surface area contributed by atoms with Gasteiger partial charge in [0, 0.05) is 5.56 Å². The van der Waals surface area contributed by atoms with Crippen molar-refractivity contribution in [3.8, 4) is 0 Å². The number of benzene rings is 2. The van der Waals surface area contributed by atoms with Crippen LogP contribution in [0.1, 0.15) is 45.6 Å². The average molecular weight is 267 g/mol. The fourth-order valence-electron chi connectivity index (χ4n) is 2.63. The minimum absolute atomic E-state index is 0.00338. The minimum Gasteiger partial charge on any atom is -0.346 e. The van der Waals surface area contributed by atoms with Crippen LogP contribution in [0.2, 0.25) is 0 Å². The summed E-state index contributed by atoms with van der Waals surface area (Å²) in [6, 6.07) is 14.1. The number of carbonyl (C=O) groups excluding carboxylic acids is 1. The summed E-state index contributed by atoms with van der Waals surface area (Å²) in [5, 5.41) is 3.07. The first-order valence-electron chi connectivity index (χ1n) is 6.92. The molecule has 2 aromatic rings. The van der Waals surface area contributed by atoms with E-state index >= 15 is 0 Å². The van der Waals surface area contributed by atoms with Crippen molar-refractivity contribution < 1.29 is 4.79 Å². The molecule has 104 valence electrons. The maximum Gasteiger partial charge on any atom is 0.252 e.